The van der Waals surface area contributed by atoms with Crippen LogP contribution in [0.15, 0.2) is 71.6 Å². The molecule has 4 rings (SSSR count). The summed E-state index contributed by atoms with van der Waals surface area (Å²) in [6.45, 7) is 2.37. The van der Waals surface area contributed by atoms with Gasteiger partial charge in [0.1, 0.15) is 6.04 Å². The first-order valence-electron chi connectivity index (χ1n) is 13.8. The van der Waals surface area contributed by atoms with Gasteiger partial charge >= 0.3 is 0 Å². The van der Waals surface area contributed by atoms with Crippen molar-refractivity contribution >= 4 is 38.1 Å². The van der Waals surface area contributed by atoms with Crippen LogP contribution in [0.5, 0.6) is 0 Å². The summed E-state index contributed by atoms with van der Waals surface area (Å²) in [6, 6.07) is 19.5. The van der Waals surface area contributed by atoms with Crippen LogP contribution in [0, 0.1) is 10.1 Å². The molecule has 0 bridgehead atoms. The van der Waals surface area contributed by atoms with E-state index in [1.165, 1.54) is 6.07 Å². The van der Waals surface area contributed by atoms with Gasteiger partial charge in [0, 0.05) is 62.4 Å². The van der Waals surface area contributed by atoms with Gasteiger partial charge in [-0.25, -0.2) is 18.5 Å². The van der Waals surface area contributed by atoms with Gasteiger partial charge < -0.3 is 14.7 Å². The molecular formula is C28H38N8O5S. The van der Waals surface area contributed by atoms with E-state index in [-0.39, 0.29) is 23.8 Å². The van der Waals surface area contributed by atoms with Gasteiger partial charge in [0.2, 0.25) is 15.9 Å². The van der Waals surface area contributed by atoms with Crippen molar-refractivity contribution in [2.45, 2.75) is 30.1 Å². The molecule has 1 fully saturated rings. The van der Waals surface area contributed by atoms with Crippen molar-refractivity contribution in [2.75, 3.05) is 56.6 Å². The lowest BCUT2D eigenvalue weighted by Crippen LogP contribution is -2.55. The van der Waals surface area contributed by atoms with Gasteiger partial charge in [-0.1, -0.05) is 42.5 Å². The number of hydrogen-bond acceptors (Lipinski definition) is 9. The molecule has 2 atom stereocenters. The number of para-hydroxylation sites is 1. The fourth-order valence-electron chi connectivity index (χ4n) is 5.14. The molecule has 1 aliphatic heterocycles. The Labute approximate surface area is 245 Å². The van der Waals surface area contributed by atoms with Crippen molar-refractivity contribution in [3.63, 3.8) is 0 Å². The first kappa shape index (κ1) is 31.0. The van der Waals surface area contributed by atoms with Gasteiger partial charge in [0.05, 0.1) is 4.90 Å². The van der Waals surface area contributed by atoms with Crippen LogP contribution in [0.2, 0.25) is 0 Å². The van der Waals surface area contributed by atoms with Crippen molar-refractivity contribution in [1.29, 1.82) is 0 Å². The molecule has 0 aromatic heterocycles. The predicted molar refractivity (Wildman–Crippen MR) is 163 cm³/mol. The van der Waals surface area contributed by atoms with E-state index in [0.29, 0.717) is 38.0 Å². The lowest BCUT2D eigenvalue weighted by Gasteiger charge is -2.37. The van der Waals surface area contributed by atoms with E-state index in [0.717, 1.165) is 16.8 Å². The fraction of sp³-hybridized carbons (Fsp3) is 0.393. The van der Waals surface area contributed by atoms with Crippen LogP contribution in [0.1, 0.15) is 12.8 Å². The molecule has 2 unspecified atom stereocenters. The molecule has 3 aromatic rings. The number of nitrogens with one attached hydrogen (secondary N) is 3. The van der Waals surface area contributed by atoms with Gasteiger partial charge in [-0.2, -0.15) is 4.72 Å². The first-order chi connectivity index (χ1) is 20.1. The number of hydrogen-bond donors (Lipinski definition) is 4. The SMILES string of the molecule is CN(C)c1cccc2c(S(=O)(=O)NC(CCCNC(N)N[N+](=O)[O-])C(=O)N3CCN(c4ccccc4)CC3)cccc12. The van der Waals surface area contributed by atoms with Gasteiger partial charge in [-0.15, -0.1) is 5.43 Å². The molecule has 1 amide bonds. The Morgan fingerprint density at radius 1 is 1.00 bits per heavy atom. The van der Waals surface area contributed by atoms with Crippen LogP contribution < -0.4 is 31.0 Å². The van der Waals surface area contributed by atoms with Gasteiger partial charge in [-0.05, 0) is 43.7 Å². The Morgan fingerprint density at radius 2 is 1.67 bits per heavy atom. The zero-order valence-corrected chi connectivity index (χ0v) is 24.6. The van der Waals surface area contributed by atoms with Gasteiger partial charge in [0.15, 0.2) is 11.3 Å². The number of nitro groups is 1. The zero-order chi connectivity index (χ0) is 30.3. The van der Waals surface area contributed by atoms with Crippen LogP contribution in [0.25, 0.3) is 10.8 Å². The Hall–Kier alpha value is -3.98. The number of hydrazine groups is 1. The Bertz CT molecular complexity index is 1480. The summed E-state index contributed by atoms with van der Waals surface area (Å²) in [7, 11) is -0.328. The third kappa shape index (κ3) is 7.64. The molecule has 0 saturated carbocycles. The standard InChI is InChI=1S/C28H38N8O5S/c1-33(2)25-14-6-12-23-22(25)11-7-15-26(23)42(40,41)32-24(13-8-16-30-28(29)31-36(38)39)27(37)35-19-17-34(18-20-35)21-9-4-3-5-10-21/h3-7,9-12,14-15,24,28,30-32H,8,13,16-20,29H2,1-2H3. The number of nitrogens with zero attached hydrogens (tertiary/aromatic N) is 4. The zero-order valence-electron chi connectivity index (χ0n) is 23.8. The lowest BCUT2D eigenvalue weighted by molar-refractivity contribution is -0.552. The molecule has 0 radical (unpaired) electrons. The number of carbonyl (C=O) groups is 1. The number of benzene rings is 3. The molecule has 0 spiro atoms. The number of anilines is 2. The van der Waals surface area contributed by atoms with Crippen molar-refractivity contribution in [3.05, 3.63) is 76.8 Å². The number of piperazine rings is 1. The van der Waals surface area contributed by atoms with Crippen LogP contribution >= 0.6 is 0 Å². The summed E-state index contributed by atoms with van der Waals surface area (Å²) in [4.78, 5) is 30.3. The number of carbonyl (C=O) groups excluding carboxylic acids is 1. The highest BCUT2D eigenvalue weighted by Crippen LogP contribution is 2.30. The van der Waals surface area contributed by atoms with E-state index >= 15 is 0 Å². The summed E-state index contributed by atoms with van der Waals surface area (Å²) < 4.78 is 30.3. The van der Waals surface area contributed by atoms with Crippen molar-refractivity contribution in [3.8, 4) is 0 Å². The van der Waals surface area contributed by atoms with E-state index in [9.17, 15) is 23.3 Å². The third-order valence-corrected chi connectivity index (χ3v) is 8.75. The van der Waals surface area contributed by atoms with E-state index in [1.54, 1.807) is 23.1 Å². The van der Waals surface area contributed by atoms with E-state index in [2.05, 4.69) is 14.9 Å². The second kappa shape index (κ2) is 13.8. The maximum absolute atomic E-state index is 13.8. The largest absolute Gasteiger partial charge is 0.377 e. The molecule has 1 saturated heterocycles. The summed E-state index contributed by atoms with van der Waals surface area (Å²) in [6.07, 6.45) is -0.572. The number of rotatable bonds is 13. The average molecular weight is 599 g/mol. The minimum absolute atomic E-state index is 0.0886. The minimum atomic E-state index is -4.11. The molecule has 42 heavy (non-hydrogen) atoms. The van der Waals surface area contributed by atoms with Crippen LogP contribution in [-0.4, -0.2) is 83.4 Å². The molecule has 0 aliphatic carbocycles. The molecule has 5 N–H and O–H groups in total. The summed E-state index contributed by atoms with van der Waals surface area (Å²) >= 11 is 0. The van der Waals surface area contributed by atoms with Crippen molar-refractivity contribution < 1.29 is 18.2 Å². The fourth-order valence-corrected chi connectivity index (χ4v) is 6.59. The van der Waals surface area contributed by atoms with Crippen LogP contribution in [0.4, 0.5) is 11.4 Å². The number of nitrogens with two attached hydrogens (primary N) is 1. The minimum Gasteiger partial charge on any atom is -0.377 e. The average Bonchev–Trinajstić information content (AvgIpc) is 2.97. The van der Waals surface area contributed by atoms with Crippen molar-refractivity contribution in [1.82, 2.24) is 20.4 Å². The topological polar surface area (TPSA) is 166 Å². The summed E-state index contributed by atoms with van der Waals surface area (Å²) in [5, 5.41) is 14.0. The summed E-state index contributed by atoms with van der Waals surface area (Å²) in [5.41, 5.74) is 9.49. The molecular weight excluding hydrogens is 560 g/mol. The van der Waals surface area contributed by atoms with Crippen LogP contribution in [0.3, 0.4) is 0 Å². The highest BCUT2D eigenvalue weighted by molar-refractivity contribution is 7.89. The lowest BCUT2D eigenvalue weighted by atomic mass is 10.1. The molecule has 14 heteroatoms. The molecule has 13 nitrogen and oxygen atoms in total. The Balaban J connectivity index is 1.52. The Morgan fingerprint density at radius 3 is 2.33 bits per heavy atom. The van der Waals surface area contributed by atoms with Gasteiger partial charge in [0.25, 0.3) is 0 Å². The maximum atomic E-state index is 13.8. The second-order valence-electron chi connectivity index (χ2n) is 10.3. The van der Waals surface area contributed by atoms with E-state index < -0.39 is 27.4 Å². The highest BCUT2D eigenvalue weighted by Gasteiger charge is 2.32. The van der Waals surface area contributed by atoms with Crippen molar-refractivity contribution in [2.24, 2.45) is 5.73 Å². The molecule has 1 aliphatic rings. The molecule has 1 heterocycles. The van der Waals surface area contributed by atoms with Crippen LogP contribution in [-0.2, 0) is 14.8 Å². The summed E-state index contributed by atoms with van der Waals surface area (Å²) in [5.74, 6) is -0.312. The quantitative estimate of drug-likeness (QED) is 0.0975. The number of fused-ring (bicyclic) bond motifs is 1. The smallest absolute Gasteiger partial charge is 0.241 e. The maximum Gasteiger partial charge on any atom is 0.241 e. The van der Waals surface area contributed by atoms with Gasteiger partial charge in [-0.3, -0.25) is 15.8 Å². The molecule has 226 valence electrons. The normalized spacial score (nSPS) is 15.3. The predicted octanol–water partition coefficient (Wildman–Crippen LogP) is 1.29. The third-order valence-electron chi connectivity index (χ3n) is 7.22. The number of amides is 1. The second-order valence-corrected chi connectivity index (χ2v) is 12.0. The highest BCUT2D eigenvalue weighted by atomic mass is 32.2. The van der Waals surface area contributed by atoms with E-state index in [4.69, 9.17) is 5.73 Å². The number of sulfonamides is 1. The molecule has 3 aromatic carbocycles. The van der Waals surface area contributed by atoms with E-state index in [1.807, 2.05) is 66.9 Å². The monoisotopic (exact) mass is 598 g/mol. The first-order valence-corrected chi connectivity index (χ1v) is 15.2. The Kier molecular flexibility index (Phi) is 10.2.